The highest BCUT2D eigenvalue weighted by Gasteiger charge is 2.16. The zero-order valence-corrected chi connectivity index (χ0v) is 15.8. The Balaban J connectivity index is 1.79. The van der Waals surface area contributed by atoms with Crippen LogP contribution in [0.3, 0.4) is 0 Å². The number of pyridine rings is 1. The van der Waals surface area contributed by atoms with Crippen molar-refractivity contribution < 1.29 is 0 Å². The van der Waals surface area contributed by atoms with Crippen molar-refractivity contribution >= 4 is 28.2 Å². The van der Waals surface area contributed by atoms with Crippen LogP contribution in [0.25, 0.3) is 33.4 Å². The fourth-order valence-corrected chi connectivity index (χ4v) is 3.73. The molecule has 0 bridgehead atoms. The molecule has 6 heteroatoms. The third kappa shape index (κ3) is 2.52. The molecular formula is C22H15ClN4O. The van der Waals surface area contributed by atoms with Gasteiger partial charge in [-0.05, 0) is 36.8 Å². The maximum atomic E-state index is 13.1. The van der Waals surface area contributed by atoms with Crippen molar-refractivity contribution in [3.05, 3.63) is 94.1 Å². The maximum absolute atomic E-state index is 13.1. The number of hydrogen-bond donors (Lipinski definition) is 0. The first-order valence-corrected chi connectivity index (χ1v) is 9.22. The standard InChI is InChI=1S/C22H15ClN4O/c1-14-20(15-6-3-2-4-7-15)21-24-13-18-19(27(21)25-14)10-11-26(22(18)28)17-9-5-8-16(23)12-17/h2-13H,1H3. The number of halogens is 1. The van der Waals surface area contributed by atoms with E-state index in [2.05, 4.69) is 10.1 Å². The van der Waals surface area contributed by atoms with E-state index in [0.717, 1.165) is 28.0 Å². The van der Waals surface area contributed by atoms with E-state index in [1.165, 1.54) is 0 Å². The van der Waals surface area contributed by atoms with E-state index in [9.17, 15) is 4.79 Å². The second-order valence-electron chi connectivity index (χ2n) is 6.59. The number of benzene rings is 2. The molecule has 0 saturated heterocycles. The van der Waals surface area contributed by atoms with Crippen molar-refractivity contribution in [1.29, 1.82) is 0 Å². The molecular weight excluding hydrogens is 372 g/mol. The summed E-state index contributed by atoms with van der Waals surface area (Å²) in [6.07, 6.45) is 3.37. The predicted molar refractivity (Wildman–Crippen MR) is 111 cm³/mol. The lowest BCUT2D eigenvalue weighted by atomic mass is 10.1. The summed E-state index contributed by atoms with van der Waals surface area (Å²) in [4.78, 5) is 17.7. The van der Waals surface area contributed by atoms with Gasteiger partial charge in [0.1, 0.15) is 0 Å². The largest absolute Gasteiger partial charge is 0.284 e. The van der Waals surface area contributed by atoms with E-state index in [1.807, 2.05) is 55.5 Å². The highest BCUT2D eigenvalue weighted by Crippen LogP contribution is 2.28. The van der Waals surface area contributed by atoms with Crippen molar-refractivity contribution in [3.8, 4) is 16.8 Å². The van der Waals surface area contributed by atoms with Gasteiger partial charge in [-0.3, -0.25) is 9.36 Å². The number of rotatable bonds is 2. The first kappa shape index (κ1) is 16.7. The second-order valence-corrected chi connectivity index (χ2v) is 7.03. The lowest BCUT2D eigenvalue weighted by molar-refractivity contribution is 0.940. The molecule has 28 heavy (non-hydrogen) atoms. The maximum Gasteiger partial charge on any atom is 0.266 e. The second kappa shape index (κ2) is 6.32. The van der Waals surface area contributed by atoms with E-state index >= 15 is 0 Å². The monoisotopic (exact) mass is 386 g/mol. The van der Waals surface area contributed by atoms with Crippen LogP contribution in [0.15, 0.2) is 77.9 Å². The van der Waals surface area contributed by atoms with E-state index in [4.69, 9.17) is 11.6 Å². The van der Waals surface area contributed by atoms with Crippen LogP contribution in [0.1, 0.15) is 5.69 Å². The number of nitrogens with zero attached hydrogens (tertiary/aromatic N) is 4. The van der Waals surface area contributed by atoms with Crippen molar-refractivity contribution in [1.82, 2.24) is 19.2 Å². The Morgan fingerprint density at radius 3 is 2.61 bits per heavy atom. The minimum Gasteiger partial charge on any atom is -0.284 e. The average Bonchev–Trinajstić information content (AvgIpc) is 3.05. The molecule has 0 unspecified atom stereocenters. The van der Waals surface area contributed by atoms with Gasteiger partial charge < -0.3 is 0 Å². The third-order valence-corrected chi connectivity index (χ3v) is 5.07. The van der Waals surface area contributed by atoms with Gasteiger partial charge in [0.15, 0.2) is 5.65 Å². The first-order chi connectivity index (χ1) is 13.6. The molecule has 0 aliphatic rings. The molecule has 0 radical (unpaired) electrons. The van der Waals surface area contributed by atoms with E-state index in [0.29, 0.717) is 16.1 Å². The number of hydrogen-bond acceptors (Lipinski definition) is 3. The molecule has 3 aromatic heterocycles. The molecule has 2 aromatic carbocycles. The Hall–Kier alpha value is -3.44. The fourth-order valence-electron chi connectivity index (χ4n) is 3.55. The van der Waals surface area contributed by atoms with Crippen LogP contribution in [0.2, 0.25) is 5.02 Å². The summed E-state index contributed by atoms with van der Waals surface area (Å²) in [5.41, 5.74) is 4.89. The Kier molecular flexibility index (Phi) is 3.77. The molecule has 136 valence electrons. The Labute approximate surface area is 165 Å². The van der Waals surface area contributed by atoms with Crippen LogP contribution in [-0.4, -0.2) is 19.2 Å². The topological polar surface area (TPSA) is 52.2 Å². The van der Waals surface area contributed by atoms with Gasteiger partial charge in [-0.1, -0.05) is 48.0 Å². The highest BCUT2D eigenvalue weighted by molar-refractivity contribution is 6.30. The van der Waals surface area contributed by atoms with Gasteiger partial charge >= 0.3 is 0 Å². The van der Waals surface area contributed by atoms with E-state index < -0.39 is 0 Å². The van der Waals surface area contributed by atoms with Gasteiger partial charge in [-0.2, -0.15) is 5.10 Å². The van der Waals surface area contributed by atoms with Gasteiger partial charge in [-0.15, -0.1) is 0 Å². The molecule has 0 amide bonds. The van der Waals surface area contributed by atoms with E-state index in [1.54, 1.807) is 33.6 Å². The van der Waals surface area contributed by atoms with Crippen molar-refractivity contribution in [2.45, 2.75) is 6.92 Å². The third-order valence-electron chi connectivity index (χ3n) is 4.84. The van der Waals surface area contributed by atoms with Crippen molar-refractivity contribution in [3.63, 3.8) is 0 Å². The summed E-state index contributed by atoms with van der Waals surface area (Å²) in [5, 5.41) is 5.73. The summed E-state index contributed by atoms with van der Waals surface area (Å²) < 4.78 is 3.31. The summed E-state index contributed by atoms with van der Waals surface area (Å²) in [6, 6.07) is 19.1. The van der Waals surface area contributed by atoms with Crippen LogP contribution in [-0.2, 0) is 0 Å². The Bertz CT molecular complexity index is 1400. The van der Waals surface area contributed by atoms with Crippen LogP contribution < -0.4 is 5.56 Å². The first-order valence-electron chi connectivity index (χ1n) is 8.84. The lowest BCUT2D eigenvalue weighted by Gasteiger charge is -2.08. The number of fused-ring (bicyclic) bond motifs is 3. The molecule has 5 rings (SSSR count). The number of aryl methyl sites for hydroxylation is 1. The Morgan fingerprint density at radius 2 is 1.82 bits per heavy atom. The highest BCUT2D eigenvalue weighted by atomic mass is 35.5. The predicted octanol–water partition coefficient (Wildman–Crippen LogP) is 4.66. The summed E-state index contributed by atoms with van der Waals surface area (Å²) in [6.45, 7) is 1.95. The summed E-state index contributed by atoms with van der Waals surface area (Å²) in [5.74, 6) is 0. The molecule has 0 N–H and O–H groups in total. The van der Waals surface area contributed by atoms with Crippen LogP contribution in [0.5, 0.6) is 0 Å². The van der Waals surface area contributed by atoms with Gasteiger partial charge in [0, 0.05) is 23.0 Å². The zero-order chi connectivity index (χ0) is 19.3. The zero-order valence-electron chi connectivity index (χ0n) is 15.0. The SMILES string of the molecule is Cc1nn2c(ncc3c(=O)n(-c4cccc(Cl)c4)ccc32)c1-c1ccccc1. The molecule has 5 aromatic rings. The van der Waals surface area contributed by atoms with Crippen LogP contribution >= 0.6 is 11.6 Å². The Morgan fingerprint density at radius 1 is 1.00 bits per heavy atom. The average molecular weight is 387 g/mol. The van der Waals surface area contributed by atoms with E-state index in [-0.39, 0.29) is 5.56 Å². The molecule has 0 aliphatic carbocycles. The van der Waals surface area contributed by atoms with Gasteiger partial charge in [-0.25, -0.2) is 9.50 Å². The van der Waals surface area contributed by atoms with Crippen LogP contribution in [0.4, 0.5) is 0 Å². The van der Waals surface area contributed by atoms with Crippen LogP contribution in [0, 0.1) is 6.92 Å². The summed E-state index contributed by atoms with van der Waals surface area (Å²) >= 11 is 6.08. The van der Waals surface area contributed by atoms with Gasteiger partial charge in [0.05, 0.1) is 22.3 Å². The molecule has 0 aliphatic heterocycles. The fraction of sp³-hybridized carbons (Fsp3) is 0.0455. The van der Waals surface area contributed by atoms with Crippen molar-refractivity contribution in [2.75, 3.05) is 0 Å². The smallest absolute Gasteiger partial charge is 0.266 e. The molecule has 0 atom stereocenters. The number of aromatic nitrogens is 4. The van der Waals surface area contributed by atoms with Gasteiger partial charge in [0.25, 0.3) is 5.56 Å². The summed E-state index contributed by atoms with van der Waals surface area (Å²) in [7, 11) is 0. The minimum atomic E-state index is -0.163. The molecule has 0 saturated carbocycles. The molecule has 5 nitrogen and oxygen atoms in total. The molecule has 0 fully saturated rings. The lowest BCUT2D eigenvalue weighted by Crippen LogP contribution is -2.18. The normalized spacial score (nSPS) is 11.4. The molecule has 0 spiro atoms. The van der Waals surface area contributed by atoms with Crippen molar-refractivity contribution in [2.24, 2.45) is 0 Å². The minimum absolute atomic E-state index is 0.163. The molecule has 3 heterocycles. The quantitative estimate of drug-likeness (QED) is 0.443. The van der Waals surface area contributed by atoms with Gasteiger partial charge in [0.2, 0.25) is 0 Å².